The van der Waals surface area contributed by atoms with E-state index in [9.17, 15) is 0 Å². The SMILES string of the molecule is CC(Cl)CCNCc1ccc2ncccc2c1. The normalized spacial score (nSPS) is 12.8. The van der Waals surface area contributed by atoms with Crippen LogP contribution in [0.5, 0.6) is 0 Å². The zero-order chi connectivity index (χ0) is 12.1. The first-order valence-corrected chi connectivity index (χ1v) is 6.38. The molecule has 0 radical (unpaired) electrons. The summed E-state index contributed by atoms with van der Waals surface area (Å²) in [5.41, 5.74) is 2.33. The van der Waals surface area contributed by atoms with Gasteiger partial charge in [0.05, 0.1) is 5.52 Å². The molecule has 0 aliphatic heterocycles. The van der Waals surface area contributed by atoms with Gasteiger partial charge in [0.15, 0.2) is 0 Å². The van der Waals surface area contributed by atoms with E-state index in [0.29, 0.717) is 0 Å². The van der Waals surface area contributed by atoms with Gasteiger partial charge in [-0.15, -0.1) is 11.6 Å². The van der Waals surface area contributed by atoms with Crippen LogP contribution in [0.3, 0.4) is 0 Å². The van der Waals surface area contributed by atoms with Gasteiger partial charge in [0.25, 0.3) is 0 Å². The van der Waals surface area contributed by atoms with Gasteiger partial charge in [-0.25, -0.2) is 0 Å². The third kappa shape index (κ3) is 3.69. The summed E-state index contributed by atoms with van der Waals surface area (Å²) in [5.74, 6) is 0. The summed E-state index contributed by atoms with van der Waals surface area (Å²) in [6.45, 7) is 3.86. The van der Waals surface area contributed by atoms with Gasteiger partial charge in [-0.05, 0) is 43.7 Å². The summed E-state index contributed by atoms with van der Waals surface area (Å²) in [7, 11) is 0. The highest BCUT2D eigenvalue weighted by atomic mass is 35.5. The van der Waals surface area contributed by atoms with E-state index < -0.39 is 0 Å². The molecule has 90 valence electrons. The summed E-state index contributed by atoms with van der Waals surface area (Å²) in [4.78, 5) is 4.30. The quantitative estimate of drug-likeness (QED) is 0.649. The summed E-state index contributed by atoms with van der Waals surface area (Å²) in [6, 6.07) is 10.4. The monoisotopic (exact) mass is 248 g/mol. The Morgan fingerprint density at radius 2 is 2.24 bits per heavy atom. The molecular formula is C14H17ClN2. The topological polar surface area (TPSA) is 24.9 Å². The fourth-order valence-electron chi connectivity index (χ4n) is 1.77. The van der Waals surface area contributed by atoms with E-state index in [-0.39, 0.29) is 5.38 Å². The van der Waals surface area contributed by atoms with Crippen molar-refractivity contribution in [3.63, 3.8) is 0 Å². The van der Waals surface area contributed by atoms with Crippen molar-refractivity contribution in [1.82, 2.24) is 10.3 Å². The number of rotatable bonds is 5. The molecule has 0 saturated heterocycles. The Balaban J connectivity index is 1.95. The summed E-state index contributed by atoms with van der Waals surface area (Å²) < 4.78 is 0. The lowest BCUT2D eigenvalue weighted by Gasteiger charge is -2.06. The maximum Gasteiger partial charge on any atom is 0.0702 e. The van der Waals surface area contributed by atoms with Gasteiger partial charge >= 0.3 is 0 Å². The van der Waals surface area contributed by atoms with Crippen molar-refractivity contribution in [3.8, 4) is 0 Å². The Morgan fingerprint density at radius 1 is 1.35 bits per heavy atom. The van der Waals surface area contributed by atoms with Crippen LogP contribution in [0.2, 0.25) is 0 Å². The molecule has 0 amide bonds. The molecule has 1 unspecified atom stereocenters. The summed E-state index contributed by atoms with van der Waals surface area (Å²) in [6.07, 6.45) is 2.82. The molecule has 0 bridgehead atoms. The van der Waals surface area contributed by atoms with E-state index in [1.165, 1.54) is 10.9 Å². The second kappa shape index (κ2) is 5.99. The van der Waals surface area contributed by atoms with E-state index in [1.54, 1.807) is 0 Å². The highest BCUT2D eigenvalue weighted by molar-refractivity contribution is 6.20. The van der Waals surface area contributed by atoms with Crippen LogP contribution in [-0.4, -0.2) is 16.9 Å². The minimum absolute atomic E-state index is 0.239. The van der Waals surface area contributed by atoms with Gasteiger partial charge in [-0.1, -0.05) is 12.1 Å². The van der Waals surface area contributed by atoms with Crippen molar-refractivity contribution in [2.75, 3.05) is 6.54 Å². The van der Waals surface area contributed by atoms with Crippen LogP contribution in [0.25, 0.3) is 10.9 Å². The predicted molar refractivity (Wildman–Crippen MR) is 73.4 cm³/mol. The predicted octanol–water partition coefficient (Wildman–Crippen LogP) is 3.34. The molecule has 2 aromatic rings. The molecule has 1 atom stereocenters. The maximum atomic E-state index is 5.89. The van der Waals surface area contributed by atoms with E-state index in [2.05, 4.69) is 34.6 Å². The van der Waals surface area contributed by atoms with Crippen molar-refractivity contribution >= 4 is 22.5 Å². The number of benzene rings is 1. The zero-order valence-corrected chi connectivity index (χ0v) is 10.7. The number of pyridine rings is 1. The van der Waals surface area contributed by atoms with Crippen LogP contribution in [0.1, 0.15) is 18.9 Å². The van der Waals surface area contributed by atoms with Crippen molar-refractivity contribution in [3.05, 3.63) is 42.1 Å². The van der Waals surface area contributed by atoms with Crippen molar-refractivity contribution in [1.29, 1.82) is 0 Å². The van der Waals surface area contributed by atoms with Crippen LogP contribution in [0, 0.1) is 0 Å². The number of aromatic nitrogens is 1. The molecule has 2 nitrogen and oxygen atoms in total. The van der Waals surface area contributed by atoms with Gasteiger partial charge < -0.3 is 5.32 Å². The van der Waals surface area contributed by atoms with Gasteiger partial charge in [-0.2, -0.15) is 0 Å². The summed E-state index contributed by atoms with van der Waals surface area (Å²) >= 11 is 5.89. The Labute approximate surface area is 107 Å². The molecule has 0 fully saturated rings. The molecule has 0 spiro atoms. The molecule has 2 rings (SSSR count). The Morgan fingerprint density at radius 3 is 3.06 bits per heavy atom. The fraction of sp³-hybridized carbons (Fsp3) is 0.357. The Hall–Kier alpha value is -1.12. The Bertz CT molecular complexity index is 482. The van der Waals surface area contributed by atoms with Gasteiger partial charge in [-0.3, -0.25) is 4.98 Å². The second-order valence-electron chi connectivity index (χ2n) is 4.28. The number of halogens is 1. The second-order valence-corrected chi connectivity index (χ2v) is 5.02. The molecule has 1 heterocycles. The number of nitrogens with one attached hydrogen (secondary N) is 1. The van der Waals surface area contributed by atoms with Crippen molar-refractivity contribution in [2.45, 2.75) is 25.3 Å². The smallest absolute Gasteiger partial charge is 0.0702 e. The molecule has 1 aromatic heterocycles. The van der Waals surface area contributed by atoms with Crippen LogP contribution in [0.4, 0.5) is 0 Å². The number of alkyl halides is 1. The van der Waals surface area contributed by atoms with Crippen molar-refractivity contribution in [2.24, 2.45) is 0 Å². The summed E-state index contributed by atoms with van der Waals surface area (Å²) in [5, 5.41) is 4.82. The average molecular weight is 249 g/mol. The van der Waals surface area contributed by atoms with Crippen LogP contribution < -0.4 is 5.32 Å². The minimum Gasteiger partial charge on any atom is -0.313 e. The molecule has 0 aliphatic rings. The van der Waals surface area contributed by atoms with Crippen molar-refractivity contribution < 1.29 is 0 Å². The highest BCUT2D eigenvalue weighted by Crippen LogP contribution is 2.13. The highest BCUT2D eigenvalue weighted by Gasteiger charge is 1.98. The lowest BCUT2D eigenvalue weighted by molar-refractivity contribution is 0.645. The standard InChI is InChI=1S/C14H17ClN2/c1-11(15)6-8-16-10-12-4-5-14-13(9-12)3-2-7-17-14/h2-5,7,9,11,16H,6,8,10H2,1H3. The Kier molecular flexibility index (Phi) is 4.35. The van der Waals surface area contributed by atoms with Crippen LogP contribution >= 0.6 is 11.6 Å². The van der Waals surface area contributed by atoms with E-state index in [1.807, 2.05) is 19.2 Å². The molecule has 1 aromatic carbocycles. The third-order valence-corrected chi connectivity index (χ3v) is 2.93. The molecule has 3 heteroatoms. The average Bonchev–Trinajstić information content (AvgIpc) is 2.34. The lowest BCUT2D eigenvalue weighted by Crippen LogP contribution is -2.16. The lowest BCUT2D eigenvalue weighted by atomic mass is 10.1. The van der Waals surface area contributed by atoms with Gasteiger partial charge in [0.2, 0.25) is 0 Å². The molecule has 17 heavy (non-hydrogen) atoms. The number of nitrogens with zero attached hydrogens (tertiary/aromatic N) is 1. The van der Waals surface area contributed by atoms with E-state index >= 15 is 0 Å². The number of hydrogen-bond donors (Lipinski definition) is 1. The van der Waals surface area contributed by atoms with E-state index in [4.69, 9.17) is 11.6 Å². The fourth-order valence-corrected chi connectivity index (χ4v) is 1.88. The third-order valence-electron chi connectivity index (χ3n) is 2.72. The number of fused-ring (bicyclic) bond motifs is 1. The van der Waals surface area contributed by atoms with Gasteiger partial charge in [0, 0.05) is 23.5 Å². The number of hydrogen-bond acceptors (Lipinski definition) is 2. The van der Waals surface area contributed by atoms with Crippen LogP contribution in [0.15, 0.2) is 36.5 Å². The zero-order valence-electron chi connectivity index (χ0n) is 9.99. The largest absolute Gasteiger partial charge is 0.313 e. The first-order valence-electron chi connectivity index (χ1n) is 5.94. The molecule has 0 aliphatic carbocycles. The molecule has 0 saturated carbocycles. The maximum absolute atomic E-state index is 5.89. The van der Waals surface area contributed by atoms with E-state index in [0.717, 1.165) is 25.0 Å². The van der Waals surface area contributed by atoms with Gasteiger partial charge in [0.1, 0.15) is 0 Å². The molecule has 1 N–H and O–H groups in total. The minimum atomic E-state index is 0.239. The molecular weight excluding hydrogens is 232 g/mol. The van der Waals surface area contributed by atoms with Crippen LogP contribution in [-0.2, 0) is 6.54 Å². The first kappa shape index (κ1) is 12.3. The first-order chi connectivity index (χ1) is 8.25.